The number of aromatic nitrogens is 1. The normalized spacial score (nSPS) is 13.6. The van der Waals surface area contributed by atoms with E-state index in [1.54, 1.807) is 41.5 Å². The van der Waals surface area contributed by atoms with Crippen LogP contribution in [0.2, 0.25) is 5.02 Å². The Hall–Kier alpha value is -1.92. The summed E-state index contributed by atoms with van der Waals surface area (Å²) in [6.07, 6.45) is 1.96. The van der Waals surface area contributed by atoms with Gasteiger partial charge in [0.2, 0.25) is 0 Å². The molecule has 0 atom stereocenters. The van der Waals surface area contributed by atoms with Gasteiger partial charge in [-0.1, -0.05) is 23.7 Å². The number of carbonyl (C=O) groups excluding carboxylic acids is 2. The number of hydrogen-bond donors (Lipinski definition) is 0. The first kappa shape index (κ1) is 16.9. The zero-order valence-corrected chi connectivity index (χ0v) is 14.8. The van der Waals surface area contributed by atoms with Gasteiger partial charge in [0.05, 0.1) is 23.7 Å². The number of esters is 1. The van der Waals surface area contributed by atoms with E-state index in [0.29, 0.717) is 28.7 Å². The van der Waals surface area contributed by atoms with Crippen molar-refractivity contribution >= 4 is 34.8 Å². The number of ether oxygens (including phenoxy) is 1. The van der Waals surface area contributed by atoms with Gasteiger partial charge in [-0.3, -0.25) is 4.79 Å². The SMILES string of the molecule is CCOC(=O)c1csc(CN(C(=O)c2ccccc2Cl)C2CC2)n1. The molecule has 2 aromatic rings. The highest BCUT2D eigenvalue weighted by molar-refractivity contribution is 7.09. The minimum Gasteiger partial charge on any atom is -0.461 e. The summed E-state index contributed by atoms with van der Waals surface area (Å²) in [5.74, 6) is -0.536. The van der Waals surface area contributed by atoms with E-state index in [4.69, 9.17) is 16.3 Å². The average molecular weight is 365 g/mol. The summed E-state index contributed by atoms with van der Waals surface area (Å²) in [5, 5.41) is 2.82. The smallest absolute Gasteiger partial charge is 0.357 e. The van der Waals surface area contributed by atoms with Crippen molar-refractivity contribution in [3.8, 4) is 0 Å². The molecule has 3 rings (SSSR count). The van der Waals surface area contributed by atoms with Gasteiger partial charge in [-0.05, 0) is 31.9 Å². The van der Waals surface area contributed by atoms with Crippen molar-refractivity contribution in [2.45, 2.75) is 32.4 Å². The summed E-state index contributed by atoms with van der Waals surface area (Å²) >= 11 is 7.51. The van der Waals surface area contributed by atoms with E-state index in [-0.39, 0.29) is 17.6 Å². The van der Waals surface area contributed by atoms with Gasteiger partial charge in [0.25, 0.3) is 5.91 Å². The van der Waals surface area contributed by atoms with Crippen molar-refractivity contribution in [2.24, 2.45) is 0 Å². The number of nitrogens with zero attached hydrogens (tertiary/aromatic N) is 2. The van der Waals surface area contributed by atoms with Crippen molar-refractivity contribution in [3.05, 3.63) is 50.9 Å². The van der Waals surface area contributed by atoms with Crippen molar-refractivity contribution in [1.82, 2.24) is 9.88 Å². The number of halogens is 1. The Morgan fingerprint density at radius 3 is 2.79 bits per heavy atom. The molecule has 1 heterocycles. The summed E-state index contributed by atoms with van der Waals surface area (Å²) in [4.78, 5) is 30.6. The van der Waals surface area contributed by atoms with E-state index in [1.165, 1.54) is 11.3 Å². The third-order valence-electron chi connectivity index (χ3n) is 3.69. The number of rotatable bonds is 6. The molecule has 0 spiro atoms. The summed E-state index contributed by atoms with van der Waals surface area (Å²) in [6, 6.07) is 7.25. The molecule has 7 heteroatoms. The zero-order valence-electron chi connectivity index (χ0n) is 13.2. The van der Waals surface area contributed by atoms with E-state index in [2.05, 4.69) is 4.98 Å². The van der Waals surface area contributed by atoms with Crippen LogP contribution in [0.3, 0.4) is 0 Å². The Balaban J connectivity index is 1.77. The van der Waals surface area contributed by atoms with Crippen LogP contribution in [0.5, 0.6) is 0 Å². The van der Waals surface area contributed by atoms with Crippen LogP contribution in [0.15, 0.2) is 29.6 Å². The molecule has 1 aromatic carbocycles. The lowest BCUT2D eigenvalue weighted by Gasteiger charge is -2.21. The van der Waals surface area contributed by atoms with Gasteiger partial charge in [-0.2, -0.15) is 0 Å². The predicted octanol–water partition coefficient (Wildman–Crippen LogP) is 3.78. The first-order valence-corrected chi connectivity index (χ1v) is 9.03. The molecule has 1 saturated carbocycles. The largest absolute Gasteiger partial charge is 0.461 e. The monoisotopic (exact) mass is 364 g/mol. The fourth-order valence-corrected chi connectivity index (χ4v) is 3.35. The number of amides is 1. The van der Waals surface area contributed by atoms with Crippen LogP contribution in [0, 0.1) is 0 Å². The van der Waals surface area contributed by atoms with Crippen LogP contribution in [-0.2, 0) is 11.3 Å². The Morgan fingerprint density at radius 2 is 2.12 bits per heavy atom. The highest BCUT2D eigenvalue weighted by Gasteiger charge is 2.34. The van der Waals surface area contributed by atoms with Crippen LogP contribution < -0.4 is 0 Å². The lowest BCUT2D eigenvalue weighted by molar-refractivity contribution is 0.0520. The zero-order chi connectivity index (χ0) is 17.1. The molecule has 24 heavy (non-hydrogen) atoms. The van der Waals surface area contributed by atoms with Crippen molar-refractivity contribution in [1.29, 1.82) is 0 Å². The van der Waals surface area contributed by atoms with Crippen LogP contribution in [0.25, 0.3) is 0 Å². The fourth-order valence-electron chi connectivity index (χ4n) is 2.37. The molecule has 1 aliphatic carbocycles. The molecular formula is C17H17ClN2O3S. The second-order valence-electron chi connectivity index (χ2n) is 5.49. The molecular weight excluding hydrogens is 348 g/mol. The first-order valence-electron chi connectivity index (χ1n) is 7.77. The summed E-state index contributed by atoms with van der Waals surface area (Å²) in [7, 11) is 0. The maximum Gasteiger partial charge on any atom is 0.357 e. The highest BCUT2D eigenvalue weighted by atomic mass is 35.5. The Bertz CT molecular complexity index is 758. The molecule has 126 valence electrons. The summed E-state index contributed by atoms with van der Waals surface area (Å²) < 4.78 is 4.95. The van der Waals surface area contributed by atoms with Crippen LogP contribution in [0.4, 0.5) is 0 Å². The van der Waals surface area contributed by atoms with Gasteiger partial charge in [0.15, 0.2) is 5.69 Å². The van der Waals surface area contributed by atoms with Crippen LogP contribution >= 0.6 is 22.9 Å². The van der Waals surface area contributed by atoms with E-state index in [0.717, 1.165) is 12.8 Å². The van der Waals surface area contributed by atoms with Gasteiger partial charge in [-0.25, -0.2) is 9.78 Å². The molecule has 1 aliphatic rings. The highest BCUT2D eigenvalue weighted by Crippen LogP contribution is 2.31. The maximum absolute atomic E-state index is 12.8. The lowest BCUT2D eigenvalue weighted by atomic mass is 10.2. The predicted molar refractivity (Wildman–Crippen MR) is 92.4 cm³/mol. The number of thiazole rings is 1. The number of hydrogen-bond acceptors (Lipinski definition) is 5. The van der Waals surface area contributed by atoms with Gasteiger partial charge >= 0.3 is 5.97 Å². The molecule has 0 radical (unpaired) electrons. The molecule has 0 N–H and O–H groups in total. The molecule has 0 bridgehead atoms. The Kier molecular flexibility index (Phi) is 5.16. The Morgan fingerprint density at radius 1 is 1.38 bits per heavy atom. The third kappa shape index (κ3) is 3.76. The molecule has 0 saturated heterocycles. The average Bonchev–Trinajstić information content (AvgIpc) is 3.30. The number of carbonyl (C=O) groups is 2. The van der Waals surface area contributed by atoms with E-state index in [1.807, 2.05) is 0 Å². The van der Waals surface area contributed by atoms with Crippen molar-refractivity contribution in [2.75, 3.05) is 6.61 Å². The second-order valence-corrected chi connectivity index (χ2v) is 6.84. The van der Waals surface area contributed by atoms with Crippen LogP contribution in [-0.4, -0.2) is 34.4 Å². The quantitative estimate of drug-likeness (QED) is 0.732. The van der Waals surface area contributed by atoms with Crippen molar-refractivity contribution in [3.63, 3.8) is 0 Å². The maximum atomic E-state index is 12.8. The van der Waals surface area contributed by atoms with E-state index >= 15 is 0 Å². The molecule has 1 amide bonds. The summed E-state index contributed by atoms with van der Waals surface area (Å²) in [5.41, 5.74) is 0.783. The van der Waals surface area contributed by atoms with E-state index < -0.39 is 5.97 Å². The van der Waals surface area contributed by atoms with Gasteiger partial charge in [-0.15, -0.1) is 11.3 Å². The van der Waals surface area contributed by atoms with Gasteiger partial charge in [0.1, 0.15) is 5.01 Å². The molecule has 5 nitrogen and oxygen atoms in total. The third-order valence-corrected chi connectivity index (χ3v) is 4.86. The molecule has 0 aliphatic heterocycles. The minimum atomic E-state index is -0.435. The van der Waals surface area contributed by atoms with Crippen LogP contribution in [0.1, 0.15) is 45.6 Å². The fraction of sp³-hybridized carbons (Fsp3) is 0.353. The Labute approximate surface area is 149 Å². The van der Waals surface area contributed by atoms with Gasteiger partial charge in [0, 0.05) is 11.4 Å². The van der Waals surface area contributed by atoms with Crippen molar-refractivity contribution < 1.29 is 14.3 Å². The standard InChI is InChI=1S/C17H17ClN2O3S/c1-2-23-17(22)14-10-24-15(19-14)9-20(11-7-8-11)16(21)12-5-3-4-6-13(12)18/h3-6,10-11H,2,7-9H2,1H3. The second kappa shape index (κ2) is 7.32. The lowest BCUT2D eigenvalue weighted by Crippen LogP contribution is -2.32. The molecule has 0 unspecified atom stereocenters. The first-order chi connectivity index (χ1) is 11.6. The van der Waals surface area contributed by atoms with E-state index in [9.17, 15) is 9.59 Å². The molecule has 1 aromatic heterocycles. The van der Waals surface area contributed by atoms with Gasteiger partial charge < -0.3 is 9.64 Å². The molecule has 1 fully saturated rings. The number of benzene rings is 1. The topological polar surface area (TPSA) is 59.5 Å². The minimum absolute atomic E-state index is 0.101. The summed E-state index contributed by atoms with van der Waals surface area (Å²) in [6.45, 7) is 2.44.